The summed E-state index contributed by atoms with van der Waals surface area (Å²) >= 11 is 0. The molecule has 3 nitrogen and oxygen atoms in total. The first-order valence-electron chi connectivity index (χ1n) is 5.42. The monoisotopic (exact) mass is 261 g/mol. The highest BCUT2D eigenvalue weighted by atomic mass is 19.4. The first kappa shape index (κ1) is 14.5. The van der Waals surface area contributed by atoms with Crippen molar-refractivity contribution in [1.29, 1.82) is 0 Å². The smallest absolute Gasteiger partial charge is 0.406 e. The van der Waals surface area contributed by atoms with E-state index in [0.29, 0.717) is 6.42 Å². The van der Waals surface area contributed by atoms with E-state index in [1.165, 1.54) is 12.1 Å². The van der Waals surface area contributed by atoms with Crippen LogP contribution < -0.4 is 10.5 Å². The summed E-state index contributed by atoms with van der Waals surface area (Å²) < 4.78 is 39.8. The minimum atomic E-state index is -4.76. The molecule has 0 amide bonds. The predicted octanol–water partition coefficient (Wildman–Crippen LogP) is 2.90. The van der Waals surface area contributed by atoms with Crippen LogP contribution in [0.3, 0.4) is 0 Å². The second-order valence-corrected chi connectivity index (χ2v) is 4.01. The maximum atomic E-state index is 12.0. The molecule has 0 heterocycles. The van der Waals surface area contributed by atoms with E-state index < -0.39 is 12.1 Å². The second kappa shape index (κ2) is 5.86. The van der Waals surface area contributed by atoms with E-state index >= 15 is 0 Å². The maximum absolute atomic E-state index is 12.0. The Balaban J connectivity index is 2.72. The molecule has 0 aromatic heterocycles. The van der Waals surface area contributed by atoms with Crippen LogP contribution in [0.1, 0.15) is 30.1 Å². The van der Waals surface area contributed by atoms with Crippen molar-refractivity contribution in [2.75, 3.05) is 0 Å². The van der Waals surface area contributed by atoms with E-state index in [1.54, 1.807) is 6.92 Å². The third-order valence-corrected chi connectivity index (χ3v) is 2.22. The van der Waals surface area contributed by atoms with Crippen molar-refractivity contribution in [3.63, 3.8) is 0 Å². The molecule has 0 aliphatic carbocycles. The molecule has 1 aromatic rings. The normalized spacial score (nSPS) is 13.2. The highest BCUT2D eigenvalue weighted by Gasteiger charge is 2.31. The maximum Gasteiger partial charge on any atom is 0.573 e. The number of ether oxygens (including phenoxy) is 1. The molecule has 0 bridgehead atoms. The van der Waals surface area contributed by atoms with Crippen LogP contribution in [0.5, 0.6) is 5.75 Å². The van der Waals surface area contributed by atoms with Crippen LogP contribution in [0.2, 0.25) is 0 Å². The van der Waals surface area contributed by atoms with E-state index in [9.17, 15) is 18.0 Å². The minimum Gasteiger partial charge on any atom is -0.406 e. The molecule has 0 saturated carbocycles. The summed E-state index contributed by atoms with van der Waals surface area (Å²) in [6, 6.07) is 4.91. The molecule has 0 spiro atoms. The summed E-state index contributed by atoms with van der Waals surface area (Å²) in [5.74, 6) is -0.644. The van der Waals surface area contributed by atoms with Gasteiger partial charge in [-0.25, -0.2) is 0 Å². The molecular formula is C12H14F3NO2. The Morgan fingerprint density at radius 2 is 2.11 bits per heavy atom. The molecule has 0 radical (unpaired) electrons. The number of hydrogen-bond donors (Lipinski definition) is 1. The Hall–Kier alpha value is -1.56. The largest absolute Gasteiger partial charge is 0.573 e. The third-order valence-electron chi connectivity index (χ3n) is 2.22. The van der Waals surface area contributed by atoms with Crippen molar-refractivity contribution < 1.29 is 22.7 Å². The number of ketones is 1. The van der Waals surface area contributed by atoms with E-state index in [2.05, 4.69) is 4.74 Å². The van der Waals surface area contributed by atoms with Gasteiger partial charge >= 0.3 is 6.36 Å². The number of alkyl halides is 3. The molecule has 1 atom stereocenters. The lowest BCUT2D eigenvalue weighted by atomic mass is 10.0. The molecule has 0 saturated heterocycles. The molecule has 1 rings (SSSR count). The first-order valence-corrected chi connectivity index (χ1v) is 5.42. The number of nitrogens with two attached hydrogens (primary N) is 1. The molecule has 1 aromatic carbocycles. The molecule has 100 valence electrons. The standard InChI is InChI=1S/C12H14F3NO2/c1-8(16)5-6-11(17)9-3-2-4-10(7-9)18-12(13,14)15/h2-4,7-8H,5-6,16H2,1H3. The molecule has 0 aliphatic rings. The molecule has 2 N–H and O–H groups in total. The van der Waals surface area contributed by atoms with Crippen molar-refractivity contribution in [3.8, 4) is 5.75 Å². The quantitative estimate of drug-likeness (QED) is 0.829. The second-order valence-electron chi connectivity index (χ2n) is 4.01. The highest BCUT2D eigenvalue weighted by molar-refractivity contribution is 5.96. The summed E-state index contributed by atoms with van der Waals surface area (Å²) in [5.41, 5.74) is 5.70. The average Bonchev–Trinajstić information content (AvgIpc) is 2.23. The Morgan fingerprint density at radius 1 is 1.44 bits per heavy atom. The van der Waals surface area contributed by atoms with Gasteiger partial charge in [-0.1, -0.05) is 12.1 Å². The molecule has 0 aliphatic heterocycles. The predicted molar refractivity (Wildman–Crippen MR) is 60.3 cm³/mol. The van der Waals surface area contributed by atoms with Crippen LogP contribution in [-0.2, 0) is 0 Å². The number of benzene rings is 1. The summed E-state index contributed by atoms with van der Waals surface area (Å²) in [7, 11) is 0. The molecule has 0 fully saturated rings. The van der Waals surface area contributed by atoms with Gasteiger partial charge in [0.15, 0.2) is 5.78 Å². The Kier molecular flexibility index (Phi) is 4.72. The molecule has 18 heavy (non-hydrogen) atoms. The van der Waals surface area contributed by atoms with Gasteiger partial charge in [0.05, 0.1) is 0 Å². The number of Topliss-reactive ketones (excluding diaryl/α,β-unsaturated/α-hetero) is 1. The lowest BCUT2D eigenvalue weighted by Gasteiger charge is -2.10. The fraction of sp³-hybridized carbons (Fsp3) is 0.417. The molecular weight excluding hydrogens is 247 g/mol. The van der Waals surface area contributed by atoms with Gasteiger partial charge in [0.25, 0.3) is 0 Å². The summed E-state index contributed by atoms with van der Waals surface area (Å²) in [4.78, 5) is 11.7. The van der Waals surface area contributed by atoms with E-state index in [1.807, 2.05) is 0 Å². The Morgan fingerprint density at radius 3 is 2.67 bits per heavy atom. The van der Waals surface area contributed by atoms with Gasteiger partial charge in [-0.3, -0.25) is 4.79 Å². The van der Waals surface area contributed by atoms with Gasteiger partial charge in [-0.05, 0) is 25.5 Å². The van der Waals surface area contributed by atoms with E-state index in [4.69, 9.17) is 5.73 Å². The fourth-order valence-electron chi connectivity index (χ4n) is 1.37. The van der Waals surface area contributed by atoms with Crippen molar-refractivity contribution in [1.82, 2.24) is 0 Å². The summed E-state index contributed by atoms with van der Waals surface area (Å²) in [6.07, 6.45) is -4.07. The van der Waals surface area contributed by atoms with Crippen molar-refractivity contribution in [2.45, 2.75) is 32.2 Å². The van der Waals surface area contributed by atoms with E-state index in [0.717, 1.165) is 12.1 Å². The zero-order chi connectivity index (χ0) is 13.8. The lowest BCUT2D eigenvalue weighted by Crippen LogP contribution is -2.18. The molecule has 1 unspecified atom stereocenters. The van der Waals surface area contributed by atoms with Gasteiger partial charge in [0.1, 0.15) is 5.75 Å². The highest BCUT2D eigenvalue weighted by Crippen LogP contribution is 2.23. The topological polar surface area (TPSA) is 52.3 Å². The van der Waals surface area contributed by atoms with Crippen LogP contribution >= 0.6 is 0 Å². The van der Waals surface area contributed by atoms with Crippen LogP contribution in [0.15, 0.2) is 24.3 Å². The zero-order valence-corrected chi connectivity index (χ0v) is 9.83. The van der Waals surface area contributed by atoms with Crippen molar-refractivity contribution in [3.05, 3.63) is 29.8 Å². The van der Waals surface area contributed by atoms with Crippen LogP contribution in [0.4, 0.5) is 13.2 Å². The molecule has 6 heteroatoms. The average molecular weight is 261 g/mol. The third kappa shape index (κ3) is 5.18. The number of carbonyl (C=O) groups is 1. The first-order chi connectivity index (χ1) is 8.28. The van der Waals surface area contributed by atoms with Gasteiger partial charge in [0, 0.05) is 18.0 Å². The van der Waals surface area contributed by atoms with Crippen LogP contribution in [0, 0.1) is 0 Å². The van der Waals surface area contributed by atoms with Gasteiger partial charge in [-0.2, -0.15) is 0 Å². The number of halogens is 3. The van der Waals surface area contributed by atoms with Gasteiger partial charge < -0.3 is 10.5 Å². The fourth-order valence-corrected chi connectivity index (χ4v) is 1.37. The minimum absolute atomic E-state index is 0.122. The van der Waals surface area contributed by atoms with Crippen molar-refractivity contribution in [2.24, 2.45) is 5.73 Å². The number of rotatable bonds is 5. The zero-order valence-electron chi connectivity index (χ0n) is 9.83. The van der Waals surface area contributed by atoms with Gasteiger partial charge in [0.2, 0.25) is 0 Å². The van der Waals surface area contributed by atoms with Crippen molar-refractivity contribution >= 4 is 5.78 Å². The summed E-state index contributed by atoms with van der Waals surface area (Å²) in [6.45, 7) is 1.76. The number of carbonyl (C=O) groups excluding carboxylic acids is 1. The van der Waals surface area contributed by atoms with Crippen LogP contribution in [0.25, 0.3) is 0 Å². The van der Waals surface area contributed by atoms with Gasteiger partial charge in [-0.15, -0.1) is 13.2 Å². The SMILES string of the molecule is CC(N)CCC(=O)c1cccc(OC(F)(F)F)c1. The van der Waals surface area contributed by atoms with E-state index in [-0.39, 0.29) is 23.8 Å². The Bertz CT molecular complexity index is 416. The van der Waals surface area contributed by atoms with Crippen LogP contribution in [-0.4, -0.2) is 18.2 Å². The summed E-state index contributed by atoms with van der Waals surface area (Å²) in [5, 5.41) is 0. The number of hydrogen-bond acceptors (Lipinski definition) is 3. The lowest BCUT2D eigenvalue weighted by molar-refractivity contribution is -0.274. The Labute approximate surface area is 103 Å².